The highest BCUT2D eigenvalue weighted by Crippen LogP contribution is 2.26. The van der Waals surface area contributed by atoms with Gasteiger partial charge < -0.3 is 15.6 Å². The molecule has 0 bridgehead atoms. The van der Waals surface area contributed by atoms with Crippen LogP contribution in [0, 0.1) is 0 Å². The first kappa shape index (κ1) is 12.7. The Kier molecular flexibility index (Phi) is 3.15. The number of hydrogen-bond acceptors (Lipinski definition) is 5. The molecule has 0 saturated heterocycles. The number of aliphatic hydroxyl groups is 1. The van der Waals surface area contributed by atoms with Crippen molar-refractivity contribution in [1.29, 1.82) is 0 Å². The molecule has 0 aliphatic rings. The third-order valence-electron chi connectivity index (χ3n) is 3.14. The van der Waals surface area contributed by atoms with Gasteiger partial charge in [-0.25, -0.2) is 9.67 Å². The summed E-state index contributed by atoms with van der Waals surface area (Å²) in [5.74, 6) is 1.23. The lowest BCUT2D eigenvalue weighted by Crippen LogP contribution is -2.05. The number of nitrogen functional groups attached to an aromatic ring is 1. The van der Waals surface area contributed by atoms with Crippen molar-refractivity contribution in [1.82, 2.24) is 14.8 Å². The van der Waals surface area contributed by atoms with Crippen molar-refractivity contribution in [2.75, 3.05) is 18.9 Å². The van der Waals surface area contributed by atoms with Gasteiger partial charge in [-0.1, -0.05) is 0 Å². The van der Waals surface area contributed by atoms with Crippen LogP contribution in [0.25, 0.3) is 21.9 Å². The molecule has 6 nitrogen and oxygen atoms in total. The van der Waals surface area contributed by atoms with E-state index in [-0.39, 0.29) is 6.61 Å². The Balaban J connectivity index is 2.21. The van der Waals surface area contributed by atoms with E-state index in [0.717, 1.165) is 22.0 Å². The van der Waals surface area contributed by atoms with Crippen molar-refractivity contribution in [3.63, 3.8) is 0 Å². The first-order valence-electron chi connectivity index (χ1n) is 6.53. The maximum absolute atomic E-state index is 9.05. The molecule has 0 atom stereocenters. The second-order valence-electron chi connectivity index (χ2n) is 4.48. The SMILES string of the molecule is CCOc1ccc2nc3c(cc2c1)c(N)nn3CCO. The fraction of sp³-hybridized carbons (Fsp3) is 0.286. The summed E-state index contributed by atoms with van der Waals surface area (Å²) in [5.41, 5.74) is 7.45. The molecule has 0 unspecified atom stereocenters. The predicted octanol–water partition coefficient (Wildman–Crippen LogP) is 1.56. The van der Waals surface area contributed by atoms with E-state index in [1.54, 1.807) is 4.68 Å². The fourth-order valence-corrected chi connectivity index (χ4v) is 2.27. The number of ether oxygens (including phenoxy) is 1. The van der Waals surface area contributed by atoms with Crippen LogP contribution in [0.15, 0.2) is 24.3 Å². The van der Waals surface area contributed by atoms with Gasteiger partial charge in [0.1, 0.15) is 5.75 Å². The summed E-state index contributed by atoms with van der Waals surface area (Å²) < 4.78 is 7.11. The Hall–Kier alpha value is -2.34. The second-order valence-corrected chi connectivity index (χ2v) is 4.48. The van der Waals surface area contributed by atoms with Crippen LogP contribution in [-0.2, 0) is 6.54 Å². The zero-order valence-electron chi connectivity index (χ0n) is 11.2. The van der Waals surface area contributed by atoms with Crippen LogP contribution in [0.5, 0.6) is 5.75 Å². The van der Waals surface area contributed by atoms with Gasteiger partial charge in [0.05, 0.1) is 30.7 Å². The van der Waals surface area contributed by atoms with Crippen LogP contribution in [0.2, 0.25) is 0 Å². The average molecular weight is 272 g/mol. The minimum atomic E-state index is -0.000779. The third-order valence-corrected chi connectivity index (χ3v) is 3.14. The number of nitrogens with two attached hydrogens (primary N) is 1. The van der Waals surface area contributed by atoms with E-state index in [2.05, 4.69) is 10.1 Å². The molecular weight excluding hydrogens is 256 g/mol. The zero-order chi connectivity index (χ0) is 14.1. The summed E-state index contributed by atoms with van der Waals surface area (Å²) in [6.07, 6.45) is 0. The highest BCUT2D eigenvalue weighted by molar-refractivity contribution is 5.96. The molecule has 20 heavy (non-hydrogen) atoms. The van der Waals surface area contributed by atoms with E-state index >= 15 is 0 Å². The first-order valence-corrected chi connectivity index (χ1v) is 6.53. The van der Waals surface area contributed by atoms with Crippen molar-refractivity contribution in [2.45, 2.75) is 13.5 Å². The van der Waals surface area contributed by atoms with Gasteiger partial charge in [0.25, 0.3) is 0 Å². The Morgan fingerprint density at radius 3 is 2.95 bits per heavy atom. The lowest BCUT2D eigenvalue weighted by Gasteiger charge is -2.05. The molecule has 3 rings (SSSR count). The Morgan fingerprint density at radius 1 is 1.35 bits per heavy atom. The third kappa shape index (κ3) is 2.04. The monoisotopic (exact) mass is 272 g/mol. The molecular formula is C14H16N4O2. The van der Waals surface area contributed by atoms with E-state index in [1.807, 2.05) is 31.2 Å². The molecule has 0 saturated carbocycles. The lowest BCUT2D eigenvalue weighted by atomic mass is 10.2. The number of fused-ring (bicyclic) bond motifs is 2. The largest absolute Gasteiger partial charge is 0.494 e. The molecule has 6 heteroatoms. The molecule has 1 aromatic carbocycles. The number of benzene rings is 1. The van der Waals surface area contributed by atoms with Crippen molar-refractivity contribution in [3.8, 4) is 5.75 Å². The molecule has 104 valence electrons. The molecule has 0 aliphatic carbocycles. The number of aliphatic hydroxyl groups excluding tert-OH is 1. The van der Waals surface area contributed by atoms with Gasteiger partial charge in [0.2, 0.25) is 0 Å². The van der Waals surface area contributed by atoms with Crippen LogP contribution >= 0.6 is 0 Å². The predicted molar refractivity (Wildman–Crippen MR) is 77.7 cm³/mol. The minimum Gasteiger partial charge on any atom is -0.494 e. The summed E-state index contributed by atoms with van der Waals surface area (Å²) in [4.78, 5) is 4.57. The first-order chi connectivity index (χ1) is 9.72. The molecule has 2 aromatic heterocycles. The van der Waals surface area contributed by atoms with E-state index in [9.17, 15) is 0 Å². The topological polar surface area (TPSA) is 86.2 Å². The van der Waals surface area contributed by atoms with Crippen molar-refractivity contribution < 1.29 is 9.84 Å². The van der Waals surface area contributed by atoms with Gasteiger partial charge >= 0.3 is 0 Å². The Bertz CT molecular complexity index is 767. The van der Waals surface area contributed by atoms with Crippen molar-refractivity contribution in [2.24, 2.45) is 0 Å². The van der Waals surface area contributed by atoms with Crippen molar-refractivity contribution >= 4 is 27.8 Å². The van der Waals surface area contributed by atoms with Crippen LogP contribution in [0.4, 0.5) is 5.82 Å². The number of rotatable bonds is 4. The van der Waals surface area contributed by atoms with E-state index in [0.29, 0.717) is 24.6 Å². The molecule has 3 N–H and O–H groups in total. The molecule has 0 aliphatic heterocycles. The number of hydrogen-bond donors (Lipinski definition) is 2. The summed E-state index contributed by atoms with van der Waals surface area (Å²) in [6.45, 7) is 2.95. The number of pyridine rings is 1. The number of anilines is 1. The average Bonchev–Trinajstić information content (AvgIpc) is 2.74. The summed E-state index contributed by atoms with van der Waals surface area (Å²) >= 11 is 0. The summed E-state index contributed by atoms with van der Waals surface area (Å²) in [6, 6.07) is 7.69. The van der Waals surface area contributed by atoms with Gasteiger partial charge in [-0.2, -0.15) is 5.10 Å². The lowest BCUT2D eigenvalue weighted by molar-refractivity contribution is 0.271. The molecule has 2 heterocycles. The molecule has 0 fully saturated rings. The van der Waals surface area contributed by atoms with Gasteiger partial charge in [-0.3, -0.25) is 0 Å². The normalized spacial score (nSPS) is 11.3. The van der Waals surface area contributed by atoms with Crippen LogP contribution in [0.1, 0.15) is 6.92 Å². The quantitative estimate of drug-likeness (QED) is 0.752. The van der Waals surface area contributed by atoms with Crippen LogP contribution in [-0.4, -0.2) is 33.1 Å². The van der Waals surface area contributed by atoms with Gasteiger partial charge in [0.15, 0.2) is 11.5 Å². The van der Waals surface area contributed by atoms with Crippen molar-refractivity contribution in [3.05, 3.63) is 24.3 Å². The highest BCUT2D eigenvalue weighted by Gasteiger charge is 2.11. The molecule has 3 aromatic rings. The standard InChI is InChI=1S/C14H16N4O2/c1-2-20-10-3-4-12-9(7-10)8-11-13(15)17-18(5-6-19)14(11)16-12/h3-4,7-8,19H,2,5-6H2,1H3,(H2,15,17). The number of nitrogens with zero attached hydrogens (tertiary/aromatic N) is 3. The summed E-state index contributed by atoms with van der Waals surface area (Å²) in [5, 5.41) is 15.0. The van der Waals surface area contributed by atoms with Gasteiger partial charge in [-0.05, 0) is 31.2 Å². The van der Waals surface area contributed by atoms with E-state index in [1.165, 1.54) is 0 Å². The maximum atomic E-state index is 9.05. The maximum Gasteiger partial charge on any atom is 0.160 e. The Morgan fingerprint density at radius 2 is 2.20 bits per heavy atom. The molecule has 0 radical (unpaired) electrons. The summed E-state index contributed by atoms with van der Waals surface area (Å²) in [7, 11) is 0. The molecule has 0 amide bonds. The second kappa shape index (κ2) is 4.97. The van der Waals surface area contributed by atoms with Crippen LogP contribution in [0.3, 0.4) is 0 Å². The Labute approximate surface area is 115 Å². The minimum absolute atomic E-state index is 0.000779. The molecule has 0 spiro atoms. The smallest absolute Gasteiger partial charge is 0.160 e. The number of aromatic nitrogens is 3. The highest BCUT2D eigenvalue weighted by atomic mass is 16.5. The van der Waals surface area contributed by atoms with Crippen LogP contribution < -0.4 is 10.5 Å². The van der Waals surface area contributed by atoms with E-state index < -0.39 is 0 Å². The van der Waals surface area contributed by atoms with Gasteiger partial charge in [0, 0.05) is 5.39 Å². The van der Waals surface area contributed by atoms with E-state index in [4.69, 9.17) is 15.6 Å². The fourth-order valence-electron chi connectivity index (χ4n) is 2.27. The zero-order valence-corrected chi connectivity index (χ0v) is 11.2. The van der Waals surface area contributed by atoms with Gasteiger partial charge in [-0.15, -0.1) is 0 Å².